The largest absolute Gasteiger partial charge is 0.514 e. The van der Waals surface area contributed by atoms with Crippen molar-refractivity contribution in [3.8, 4) is 5.75 Å². The summed E-state index contributed by atoms with van der Waals surface area (Å²) in [5.74, 6) is -1.24. The molecule has 51 heavy (non-hydrogen) atoms. The van der Waals surface area contributed by atoms with Crippen molar-refractivity contribution in [3.05, 3.63) is 66.4 Å². The van der Waals surface area contributed by atoms with Crippen LogP contribution in [0.4, 0.5) is 21.0 Å². The van der Waals surface area contributed by atoms with Crippen LogP contribution in [-0.2, 0) is 30.5 Å². The summed E-state index contributed by atoms with van der Waals surface area (Å²) in [6.45, 7) is 8.19. The number of hydrogen-bond acceptors (Lipinski definition) is 9. The second-order valence-corrected chi connectivity index (χ2v) is 12.6. The number of benzene rings is 2. The molecule has 1 fully saturated rings. The second-order valence-electron chi connectivity index (χ2n) is 12.6. The molecule has 276 valence electrons. The lowest BCUT2D eigenvalue weighted by molar-refractivity contribution is -0.132. The van der Waals surface area contributed by atoms with Crippen LogP contribution in [0.25, 0.3) is 0 Å². The van der Waals surface area contributed by atoms with E-state index in [0.29, 0.717) is 49.2 Å². The van der Waals surface area contributed by atoms with Gasteiger partial charge in [-0.1, -0.05) is 39.0 Å². The number of allylic oxidation sites excluding steroid dienone is 1. The number of rotatable bonds is 19. The molecule has 1 heterocycles. The van der Waals surface area contributed by atoms with E-state index in [2.05, 4.69) is 27.8 Å². The van der Waals surface area contributed by atoms with E-state index in [1.807, 2.05) is 0 Å². The van der Waals surface area contributed by atoms with Crippen LogP contribution in [-0.4, -0.2) is 65.9 Å². The van der Waals surface area contributed by atoms with Crippen LogP contribution in [0.2, 0.25) is 0 Å². The minimum absolute atomic E-state index is 0.0777. The lowest BCUT2D eigenvalue weighted by Crippen LogP contribution is -2.54. The third kappa shape index (κ3) is 14.0. The first-order valence-corrected chi connectivity index (χ1v) is 17.0. The molecule has 0 aromatic heterocycles. The Bertz CT molecular complexity index is 1510. The number of nitrogen functional groups attached to an aromatic ring is 1. The number of anilines is 2. The predicted molar refractivity (Wildman–Crippen MR) is 191 cm³/mol. The van der Waals surface area contributed by atoms with E-state index >= 15 is 0 Å². The number of primary amides is 1. The van der Waals surface area contributed by atoms with E-state index in [-0.39, 0.29) is 49.5 Å². The molecule has 1 aliphatic rings. The van der Waals surface area contributed by atoms with Crippen molar-refractivity contribution in [1.29, 1.82) is 0 Å². The van der Waals surface area contributed by atoms with Crippen molar-refractivity contribution >= 4 is 47.2 Å². The molecule has 0 spiro atoms. The molecule has 2 atom stereocenters. The van der Waals surface area contributed by atoms with Gasteiger partial charge in [0.25, 0.3) is 0 Å². The van der Waals surface area contributed by atoms with Crippen LogP contribution in [0.1, 0.15) is 70.8 Å². The van der Waals surface area contributed by atoms with Crippen LogP contribution < -0.4 is 37.5 Å². The number of likely N-dealkylation sites (tertiary alicyclic amines) is 1. The third-order valence-corrected chi connectivity index (χ3v) is 8.12. The molecule has 8 N–H and O–H groups in total. The van der Waals surface area contributed by atoms with Crippen LogP contribution in [0.15, 0.2) is 60.8 Å². The van der Waals surface area contributed by atoms with Gasteiger partial charge in [-0.3, -0.25) is 19.2 Å². The number of nitrogens with zero attached hydrogens (tertiary/aromatic N) is 1. The Morgan fingerprint density at radius 2 is 1.61 bits per heavy atom. The third-order valence-electron chi connectivity index (χ3n) is 8.12. The number of nitrogens with two attached hydrogens (primary N) is 2. The summed E-state index contributed by atoms with van der Waals surface area (Å²) in [7, 11) is 0. The molecule has 6 amide bonds. The standard InChI is InChI=1S/C36H49N7O8/c1-23(2)32(42-30(44)9-5-4-6-21-43-24(3)10-19-31(43)45)34(47)41-29(8-7-20-39-35(38)48)33(46)40-27-15-11-25(12-16-27)22-50-36(49)51-28-17-13-26(37)14-18-28/h11-18,23,29,32H,3-10,19-22,37H2,1-2H3,(H,40,46)(H,41,47)(H,42,44)(H3,38,39,48)/t29?,32-/m0/s1. The highest BCUT2D eigenvalue weighted by molar-refractivity contribution is 5.98. The average molecular weight is 708 g/mol. The summed E-state index contributed by atoms with van der Waals surface area (Å²) in [6.07, 6.45) is 3.05. The molecule has 0 saturated carbocycles. The van der Waals surface area contributed by atoms with E-state index in [9.17, 15) is 28.8 Å². The Hall–Kier alpha value is -5.60. The first-order valence-electron chi connectivity index (χ1n) is 17.0. The van der Waals surface area contributed by atoms with Gasteiger partial charge < -0.3 is 47.1 Å². The van der Waals surface area contributed by atoms with Gasteiger partial charge in [-0.25, -0.2) is 9.59 Å². The maximum atomic E-state index is 13.4. The van der Waals surface area contributed by atoms with Crippen molar-refractivity contribution in [2.45, 2.75) is 83.9 Å². The minimum Gasteiger partial charge on any atom is -0.429 e. The number of hydrogen-bond donors (Lipinski definition) is 6. The first kappa shape index (κ1) is 39.8. The zero-order chi connectivity index (χ0) is 37.3. The predicted octanol–water partition coefficient (Wildman–Crippen LogP) is 3.69. The van der Waals surface area contributed by atoms with E-state index in [4.69, 9.17) is 20.9 Å². The monoisotopic (exact) mass is 707 g/mol. The Kier molecular flexibility index (Phi) is 15.8. The second kappa shape index (κ2) is 20.2. The lowest BCUT2D eigenvalue weighted by atomic mass is 10.0. The number of carbonyl (C=O) groups excluding carboxylic acids is 6. The summed E-state index contributed by atoms with van der Waals surface area (Å²) < 4.78 is 10.3. The molecule has 0 aliphatic carbocycles. The molecule has 15 heteroatoms. The van der Waals surface area contributed by atoms with Crippen molar-refractivity contribution < 1.29 is 38.2 Å². The highest BCUT2D eigenvalue weighted by atomic mass is 16.7. The molecular formula is C36H49N7O8. The van der Waals surface area contributed by atoms with Crippen LogP contribution >= 0.6 is 0 Å². The fourth-order valence-corrected chi connectivity index (χ4v) is 5.26. The molecule has 0 radical (unpaired) electrons. The van der Waals surface area contributed by atoms with Gasteiger partial charge in [0.2, 0.25) is 23.6 Å². The number of carbonyl (C=O) groups is 6. The lowest BCUT2D eigenvalue weighted by Gasteiger charge is -2.25. The van der Waals surface area contributed by atoms with Crippen molar-refractivity contribution in [2.75, 3.05) is 24.1 Å². The van der Waals surface area contributed by atoms with Gasteiger partial charge in [0.05, 0.1) is 0 Å². The van der Waals surface area contributed by atoms with Gasteiger partial charge in [-0.15, -0.1) is 0 Å². The minimum atomic E-state index is -1.00. The van der Waals surface area contributed by atoms with Gasteiger partial charge in [0, 0.05) is 43.0 Å². The van der Waals surface area contributed by atoms with Gasteiger partial charge in [-0.2, -0.15) is 0 Å². The summed E-state index contributed by atoms with van der Waals surface area (Å²) >= 11 is 0. The maximum Gasteiger partial charge on any atom is 0.514 e. The van der Waals surface area contributed by atoms with Gasteiger partial charge in [-0.05, 0) is 80.0 Å². The normalized spacial score (nSPS) is 13.7. The topological polar surface area (TPSA) is 224 Å². The molecule has 2 aromatic carbocycles. The molecule has 1 saturated heterocycles. The average Bonchev–Trinajstić information content (AvgIpc) is 3.41. The summed E-state index contributed by atoms with van der Waals surface area (Å²) in [5, 5.41) is 10.8. The highest BCUT2D eigenvalue weighted by Crippen LogP contribution is 2.21. The van der Waals surface area contributed by atoms with Crippen LogP contribution in [0.5, 0.6) is 5.75 Å². The van der Waals surface area contributed by atoms with Crippen LogP contribution in [0.3, 0.4) is 0 Å². The Labute approximate surface area is 297 Å². The highest BCUT2D eigenvalue weighted by Gasteiger charge is 2.29. The van der Waals surface area contributed by atoms with E-state index in [1.165, 1.54) is 0 Å². The Morgan fingerprint density at radius 3 is 2.24 bits per heavy atom. The quantitative estimate of drug-likeness (QED) is 0.0541. The fraction of sp³-hybridized carbons (Fsp3) is 0.444. The van der Waals surface area contributed by atoms with E-state index in [0.717, 1.165) is 18.5 Å². The number of nitrogens with one attached hydrogen (secondary N) is 4. The van der Waals surface area contributed by atoms with Gasteiger partial charge >= 0.3 is 12.2 Å². The van der Waals surface area contributed by atoms with Crippen molar-refractivity contribution in [2.24, 2.45) is 11.7 Å². The smallest absolute Gasteiger partial charge is 0.429 e. The first-order chi connectivity index (χ1) is 24.3. The fourth-order valence-electron chi connectivity index (χ4n) is 5.26. The molecular weight excluding hydrogens is 658 g/mol. The molecule has 2 aromatic rings. The zero-order valence-electron chi connectivity index (χ0n) is 29.2. The van der Waals surface area contributed by atoms with Crippen molar-refractivity contribution in [1.82, 2.24) is 20.9 Å². The maximum absolute atomic E-state index is 13.4. The van der Waals surface area contributed by atoms with E-state index in [1.54, 1.807) is 67.3 Å². The number of urea groups is 1. The van der Waals surface area contributed by atoms with Crippen LogP contribution in [0, 0.1) is 5.92 Å². The Morgan fingerprint density at radius 1 is 0.902 bits per heavy atom. The summed E-state index contributed by atoms with van der Waals surface area (Å²) in [6, 6.07) is 10.2. The molecule has 3 rings (SSSR count). The number of amides is 6. The molecule has 1 unspecified atom stereocenters. The molecule has 15 nitrogen and oxygen atoms in total. The zero-order valence-corrected chi connectivity index (χ0v) is 29.2. The molecule has 1 aliphatic heterocycles. The van der Waals surface area contributed by atoms with Gasteiger partial charge in [0.1, 0.15) is 24.4 Å². The number of ether oxygens (including phenoxy) is 2. The SMILES string of the molecule is C=C1CCC(=O)N1CCCCCC(=O)N[C@H](C(=O)NC(CCCNC(N)=O)C(=O)Nc1ccc(COC(=O)Oc2ccc(N)cc2)cc1)C(C)C. The Balaban J connectivity index is 1.52. The summed E-state index contributed by atoms with van der Waals surface area (Å²) in [5.41, 5.74) is 13.2. The van der Waals surface area contributed by atoms with Gasteiger partial charge in [0.15, 0.2) is 0 Å². The summed E-state index contributed by atoms with van der Waals surface area (Å²) in [4.78, 5) is 76.4. The van der Waals surface area contributed by atoms with E-state index < -0.39 is 36.1 Å². The number of unbranched alkanes of at least 4 members (excludes halogenated alkanes) is 2. The van der Waals surface area contributed by atoms with Crippen molar-refractivity contribution in [3.63, 3.8) is 0 Å². The molecule has 0 bridgehead atoms.